The molecular formula is C19H31N5O2. The van der Waals surface area contributed by atoms with Crippen LogP contribution in [-0.2, 0) is 4.79 Å². The van der Waals surface area contributed by atoms with E-state index in [4.69, 9.17) is 10.5 Å². The summed E-state index contributed by atoms with van der Waals surface area (Å²) in [6.07, 6.45) is 1.00. The molecule has 1 unspecified atom stereocenters. The van der Waals surface area contributed by atoms with Crippen molar-refractivity contribution in [1.82, 2.24) is 10.6 Å². The number of hydrogen-bond donors (Lipinski definition) is 3. The molecule has 1 aliphatic rings. The molecule has 7 nitrogen and oxygen atoms in total. The second-order valence-electron chi connectivity index (χ2n) is 7.19. The van der Waals surface area contributed by atoms with Crippen molar-refractivity contribution in [3.8, 4) is 5.75 Å². The molecular weight excluding hydrogens is 330 g/mol. The van der Waals surface area contributed by atoms with Crippen LogP contribution in [0.5, 0.6) is 5.75 Å². The molecule has 1 fully saturated rings. The maximum absolute atomic E-state index is 11.5. The van der Waals surface area contributed by atoms with Crippen molar-refractivity contribution in [3.05, 3.63) is 24.3 Å². The molecule has 4 N–H and O–H groups in total. The molecule has 0 radical (unpaired) electrons. The Labute approximate surface area is 156 Å². The number of primary amides is 1. The van der Waals surface area contributed by atoms with Gasteiger partial charge in [-0.15, -0.1) is 0 Å². The Morgan fingerprint density at radius 3 is 2.81 bits per heavy atom. The van der Waals surface area contributed by atoms with Crippen LogP contribution >= 0.6 is 0 Å². The number of nitrogens with one attached hydrogen (secondary N) is 2. The van der Waals surface area contributed by atoms with E-state index in [9.17, 15) is 4.79 Å². The highest BCUT2D eigenvalue weighted by molar-refractivity contribution is 5.83. The van der Waals surface area contributed by atoms with E-state index in [-0.39, 0.29) is 11.9 Å². The van der Waals surface area contributed by atoms with E-state index in [0.717, 1.165) is 37.5 Å². The summed E-state index contributed by atoms with van der Waals surface area (Å²) < 4.78 is 5.47. The van der Waals surface area contributed by atoms with Crippen LogP contribution in [0.15, 0.2) is 29.3 Å². The van der Waals surface area contributed by atoms with Gasteiger partial charge in [0.05, 0.1) is 24.8 Å². The molecule has 144 valence electrons. The lowest BCUT2D eigenvalue weighted by Crippen LogP contribution is -2.45. The first-order valence-corrected chi connectivity index (χ1v) is 9.10. The number of hydrogen-bond acceptors (Lipinski definition) is 4. The van der Waals surface area contributed by atoms with Gasteiger partial charge in [-0.2, -0.15) is 0 Å². The molecule has 0 aliphatic carbocycles. The van der Waals surface area contributed by atoms with Gasteiger partial charge in [-0.25, -0.2) is 0 Å². The fourth-order valence-electron chi connectivity index (χ4n) is 2.86. The summed E-state index contributed by atoms with van der Waals surface area (Å²) in [5.74, 6) is 1.26. The third kappa shape index (κ3) is 5.03. The van der Waals surface area contributed by atoms with Gasteiger partial charge in [-0.3, -0.25) is 9.79 Å². The van der Waals surface area contributed by atoms with Crippen molar-refractivity contribution in [2.24, 2.45) is 16.1 Å². The maximum atomic E-state index is 11.5. The lowest BCUT2D eigenvalue weighted by Gasteiger charge is -2.23. The summed E-state index contributed by atoms with van der Waals surface area (Å²) in [6.45, 7) is 8.55. The van der Waals surface area contributed by atoms with Gasteiger partial charge in [0.2, 0.25) is 5.91 Å². The Kier molecular flexibility index (Phi) is 6.71. The monoisotopic (exact) mass is 361 g/mol. The van der Waals surface area contributed by atoms with Gasteiger partial charge < -0.3 is 26.0 Å². The number of benzene rings is 1. The highest BCUT2D eigenvalue weighted by atomic mass is 16.5. The number of guanidine groups is 1. The van der Waals surface area contributed by atoms with Gasteiger partial charge in [0.15, 0.2) is 5.96 Å². The van der Waals surface area contributed by atoms with Crippen molar-refractivity contribution in [3.63, 3.8) is 0 Å². The molecule has 1 atom stereocenters. The minimum atomic E-state index is -0.665. The number of aliphatic imine (C=N–C) groups is 1. The van der Waals surface area contributed by atoms with E-state index in [2.05, 4.69) is 26.6 Å². The number of carbonyl (C=O) groups is 1. The molecule has 1 aromatic rings. The fraction of sp³-hybridized carbons (Fsp3) is 0.579. The van der Waals surface area contributed by atoms with Crippen LogP contribution < -0.4 is 26.0 Å². The number of nitrogens with zero attached hydrogens (tertiary/aromatic N) is 2. The molecule has 0 saturated carbocycles. The summed E-state index contributed by atoms with van der Waals surface area (Å²) in [6, 6.07) is 8.33. The predicted molar refractivity (Wildman–Crippen MR) is 106 cm³/mol. The van der Waals surface area contributed by atoms with Crippen LogP contribution in [0.2, 0.25) is 0 Å². The molecule has 0 bridgehead atoms. The summed E-state index contributed by atoms with van der Waals surface area (Å²) in [7, 11) is 1.70. The average molecular weight is 361 g/mol. The van der Waals surface area contributed by atoms with E-state index in [1.807, 2.05) is 25.1 Å². The number of amides is 1. The Morgan fingerprint density at radius 1 is 1.42 bits per heavy atom. The van der Waals surface area contributed by atoms with Crippen LogP contribution in [-0.4, -0.2) is 51.2 Å². The first-order chi connectivity index (χ1) is 12.4. The average Bonchev–Trinajstić information content (AvgIpc) is 3.08. The van der Waals surface area contributed by atoms with Crippen molar-refractivity contribution >= 4 is 17.6 Å². The van der Waals surface area contributed by atoms with Crippen LogP contribution in [0.4, 0.5) is 5.69 Å². The standard InChI is InChI=1S/C19H31N5O2/c1-5-21-18(22-13-19(2,3)17(20)25)23-14-10-11-24(12-14)15-8-6-7-9-16(15)26-4/h6-9,14H,5,10-13H2,1-4H3,(H2,20,25)(H2,21,22,23). The van der Waals surface area contributed by atoms with Gasteiger partial charge >= 0.3 is 0 Å². The summed E-state index contributed by atoms with van der Waals surface area (Å²) in [4.78, 5) is 18.4. The molecule has 2 rings (SSSR count). The van der Waals surface area contributed by atoms with Crippen molar-refractivity contribution < 1.29 is 9.53 Å². The molecule has 7 heteroatoms. The van der Waals surface area contributed by atoms with Crippen LogP contribution in [0, 0.1) is 5.41 Å². The second kappa shape index (κ2) is 8.78. The second-order valence-corrected chi connectivity index (χ2v) is 7.19. The summed E-state index contributed by atoms with van der Waals surface area (Å²) in [5, 5.41) is 6.71. The number of anilines is 1. The van der Waals surface area contributed by atoms with Gasteiger partial charge in [-0.1, -0.05) is 12.1 Å². The minimum absolute atomic E-state index is 0.273. The Hall–Kier alpha value is -2.44. The van der Waals surface area contributed by atoms with E-state index < -0.39 is 5.41 Å². The van der Waals surface area contributed by atoms with Crippen LogP contribution in [0.25, 0.3) is 0 Å². The first kappa shape index (κ1) is 19.9. The number of methoxy groups -OCH3 is 1. The number of carbonyl (C=O) groups excluding carboxylic acids is 1. The highest BCUT2D eigenvalue weighted by Crippen LogP contribution is 2.30. The zero-order chi connectivity index (χ0) is 19.2. The zero-order valence-corrected chi connectivity index (χ0v) is 16.2. The molecule has 0 spiro atoms. The van der Waals surface area contributed by atoms with E-state index in [0.29, 0.717) is 12.5 Å². The van der Waals surface area contributed by atoms with E-state index in [1.54, 1.807) is 21.0 Å². The Balaban J connectivity index is 2.01. The zero-order valence-electron chi connectivity index (χ0n) is 16.2. The summed E-state index contributed by atoms with van der Waals surface area (Å²) in [5.41, 5.74) is 5.88. The molecule has 1 heterocycles. The van der Waals surface area contributed by atoms with Gasteiger partial charge in [0.1, 0.15) is 5.75 Å². The number of ether oxygens (including phenoxy) is 1. The van der Waals surface area contributed by atoms with Gasteiger partial charge in [-0.05, 0) is 39.3 Å². The smallest absolute Gasteiger partial charge is 0.224 e. The normalized spacial score (nSPS) is 17.9. The van der Waals surface area contributed by atoms with Crippen molar-refractivity contribution in [2.45, 2.75) is 33.2 Å². The Bertz CT molecular complexity index is 645. The summed E-state index contributed by atoms with van der Waals surface area (Å²) >= 11 is 0. The van der Waals surface area contributed by atoms with E-state index >= 15 is 0 Å². The molecule has 1 saturated heterocycles. The first-order valence-electron chi connectivity index (χ1n) is 9.10. The minimum Gasteiger partial charge on any atom is -0.495 e. The van der Waals surface area contributed by atoms with Crippen LogP contribution in [0.3, 0.4) is 0 Å². The third-order valence-electron chi connectivity index (χ3n) is 4.60. The molecule has 1 aromatic carbocycles. The van der Waals surface area contributed by atoms with Crippen molar-refractivity contribution in [2.75, 3.05) is 38.2 Å². The number of nitrogens with two attached hydrogens (primary N) is 1. The molecule has 0 aromatic heterocycles. The maximum Gasteiger partial charge on any atom is 0.224 e. The third-order valence-corrected chi connectivity index (χ3v) is 4.60. The number of rotatable bonds is 7. The van der Waals surface area contributed by atoms with Crippen LogP contribution in [0.1, 0.15) is 27.2 Å². The molecule has 1 aliphatic heterocycles. The fourth-order valence-corrected chi connectivity index (χ4v) is 2.86. The Morgan fingerprint density at radius 2 is 2.15 bits per heavy atom. The SMILES string of the molecule is CCNC(=NCC(C)(C)C(N)=O)NC1CCN(c2ccccc2OC)C1. The van der Waals surface area contributed by atoms with E-state index in [1.165, 1.54) is 0 Å². The van der Waals surface area contributed by atoms with Crippen molar-refractivity contribution in [1.29, 1.82) is 0 Å². The number of para-hydroxylation sites is 2. The lowest BCUT2D eigenvalue weighted by molar-refractivity contribution is -0.125. The lowest BCUT2D eigenvalue weighted by atomic mass is 9.93. The predicted octanol–water partition coefficient (Wildman–Crippen LogP) is 1.34. The van der Waals surface area contributed by atoms with Gasteiger partial charge in [0.25, 0.3) is 0 Å². The topological polar surface area (TPSA) is 92.0 Å². The molecule has 26 heavy (non-hydrogen) atoms. The molecule has 1 amide bonds. The highest BCUT2D eigenvalue weighted by Gasteiger charge is 2.27. The van der Waals surface area contributed by atoms with Gasteiger partial charge in [0, 0.05) is 25.7 Å². The largest absolute Gasteiger partial charge is 0.495 e. The quantitative estimate of drug-likeness (QED) is 0.503.